The standard InChI is InChI=1S/C25H26N2O5S/c1-29-14-15-30-22-12-10-20(11-13-22)26-25(33)27-24(28)19-6-5-9-23(18-19)32-17-16-31-21-7-3-2-4-8-21/h2-13,18H,14-17H2,1H3,(H2,26,27,28,33). The summed E-state index contributed by atoms with van der Waals surface area (Å²) in [5.41, 5.74) is 1.16. The van der Waals surface area contributed by atoms with Crippen LogP contribution in [0.2, 0.25) is 0 Å². The number of carbonyl (C=O) groups is 1. The minimum absolute atomic E-state index is 0.190. The molecule has 0 atom stereocenters. The predicted molar refractivity (Wildman–Crippen MR) is 131 cm³/mol. The van der Waals surface area contributed by atoms with Gasteiger partial charge in [-0.05, 0) is 66.8 Å². The summed E-state index contributed by atoms with van der Waals surface area (Å²) in [5.74, 6) is 1.74. The number of benzene rings is 3. The van der Waals surface area contributed by atoms with Crippen molar-refractivity contribution in [3.8, 4) is 17.2 Å². The van der Waals surface area contributed by atoms with Crippen LogP contribution >= 0.6 is 12.2 Å². The van der Waals surface area contributed by atoms with E-state index in [-0.39, 0.29) is 11.0 Å². The summed E-state index contributed by atoms with van der Waals surface area (Å²) >= 11 is 5.26. The van der Waals surface area contributed by atoms with Gasteiger partial charge < -0.3 is 24.3 Å². The maximum Gasteiger partial charge on any atom is 0.257 e. The molecule has 0 saturated carbocycles. The van der Waals surface area contributed by atoms with Gasteiger partial charge in [-0.1, -0.05) is 24.3 Å². The summed E-state index contributed by atoms with van der Waals surface area (Å²) in [6.07, 6.45) is 0. The number of ether oxygens (including phenoxy) is 4. The maximum atomic E-state index is 12.6. The fourth-order valence-electron chi connectivity index (χ4n) is 2.78. The lowest BCUT2D eigenvalue weighted by molar-refractivity contribution is 0.0977. The molecule has 33 heavy (non-hydrogen) atoms. The van der Waals surface area contributed by atoms with Crippen LogP contribution in [0.25, 0.3) is 0 Å². The average molecular weight is 467 g/mol. The molecule has 1 amide bonds. The Morgan fingerprint density at radius 2 is 1.36 bits per heavy atom. The number of hydrogen-bond acceptors (Lipinski definition) is 6. The van der Waals surface area contributed by atoms with Crippen molar-refractivity contribution < 1.29 is 23.7 Å². The molecule has 0 radical (unpaired) electrons. The number of hydrogen-bond donors (Lipinski definition) is 2. The SMILES string of the molecule is COCCOc1ccc(NC(=S)NC(=O)c2cccc(OCCOc3ccccc3)c2)cc1. The van der Waals surface area contributed by atoms with Gasteiger partial charge in [-0.2, -0.15) is 0 Å². The molecule has 0 spiro atoms. The van der Waals surface area contributed by atoms with E-state index < -0.39 is 0 Å². The van der Waals surface area contributed by atoms with E-state index in [1.165, 1.54) is 0 Å². The summed E-state index contributed by atoms with van der Waals surface area (Å²) in [5, 5.41) is 5.84. The minimum Gasteiger partial charge on any atom is -0.491 e. The number of para-hydroxylation sites is 1. The van der Waals surface area contributed by atoms with Crippen LogP contribution in [0.3, 0.4) is 0 Å². The summed E-state index contributed by atoms with van der Waals surface area (Å²) in [6.45, 7) is 1.74. The highest BCUT2D eigenvalue weighted by atomic mass is 32.1. The minimum atomic E-state index is -0.335. The maximum absolute atomic E-state index is 12.6. The molecule has 7 nitrogen and oxygen atoms in total. The largest absolute Gasteiger partial charge is 0.491 e. The highest BCUT2D eigenvalue weighted by Crippen LogP contribution is 2.16. The molecule has 8 heteroatoms. The summed E-state index contributed by atoms with van der Waals surface area (Å²) in [6, 6.07) is 23.6. The third kappa shape index (κ3) is 8.44. The molecule has 0 fully saturated rings. The predicted octanol–water partition coefficient (Wildman–Crippen LogP) is 4.30. The fraction of sp³-hybridized carbons (Fsp3) is 0.200. The molecule has 0 aliphatic carbocycles. The molecule has 0 aliphatic rings. The quantitative estimate of drug-likeness (QED) is 0.322. The van der Waals surface area contributed by atoms with Crippen LogP contribution < -0.4 is 24.8 Å². The first-order valence-corrected chi connectivity index (χ1v) is 10.8. The molecule has 0 saturated heterocycles. The van der Waals surface area contributed by atoms with Crippen LogP contribution in [0.5, 0.6) is 17.2 Å². The number of anilines is 1. The van der Waals surface area contributed by atoms with Gasteiger partial charge in [0.25, 0.3) is 5.91 Å². The first-order valence-electron chi connectivity index (χ1n) is 10.4. The van der Waals surface area contributed by atoms with Gasteiger partial charge in [-0.15, -0.1) is 0 Å². The zero-order valence-electron chi connectivity index (χ0n) is 18.3. The number of nitrogens with one attached hydrogen (secondary N) is 2. The zero-order chi connectivity index (χ0) is 23.3. The summed E-state index contributed by atoms with van der Waals surface area (Å²) in [4.78, 5) is 12.6. The van der Waals surface area contributed by atoms with E-state index in [0.717, 1.165) is 17.2 Å². The normalized spacial score (nSPS) is 10.2. The second-order valence-corrected chi connectivity index (χ2v) is 7.22. The van der Waals surface area contributed by atoms with Crippen LogP contribution in [-0.2, 0) is 4.74 Å². The van der Waals surface area contributed by atoms with Crippen molar-refractivity contribution in [2.75, 3.05) is 38.9 Å². The third-order valence-corrected chi connectivity index (χ3v) is 4.56. The molecular formula is C25H26N2O5S. The Hall–Kier alpha value is -3.62. The Morgan fingerprint density at radius 1 is 0.758 bits per heavy atom. The van der Waals surface area contributed by atoms with Gasteiger partial charge in [0.05, 0.1) is 6.61 Å². The fourth-order valence-corrected chi connectivity index (χ4v) is 2.99. The molecule has 0 unspecified atom stereocenters. The topological polar surface area (TPSA) is 78.1 Å². The van der Waals surface area contributed by atoms with Crippen molar-refractivity contribution in [1.82, 2.24) is 5.32 Å². The molecule has 0 aliphatic heterocycles. The molecule has 0 aromatic heterocycles. The highest BCUT2D eigenvalue weighted by molar-refractivity contribution is 7.80. The lowest BCUT2D eigenvalue weighted by Crippen LogP contribution is -2.34. The highest BCUT2D eigenvalue weighted by Gasteiger charge is 2.09. The van der Waals surface area contributed by atoms with Crippen molar-refractivity contribution in [3.63, 3.8) is 0 Å². The Balaban J connectivity index is 1.44. The van der Waals surface area contributed by atoms with E-state index in [2.05, 4.69) is 10.6 Å². The van der Waals surface area contributed by atoms with Gasteiger partial charge in [0, 0.05) is 18.4 Å². The molecule has 3 aromatic carbocycles. The first kappa shape index (κ1) is 24.0. The summed E-state index contributed by atoms with van der Waals surface area (Å²) < 4.78 is 21.8. The first-order chi connectivity index (χ1) is 16.1. The van der Waals surface area contributed by atoms with Crippen molar-refractivity contribution in [2.45, 2.75) is 0 Å². The van der Waals surface area contributed by atoms with Crippen molar-refractivity contribution in [3.05, 3.63) is 84.4 Å². The van der Waals surface area contributed by atoms with Gasteiger partial charge in [-0.25, -0.2) is 0 Å². The van der Waals surface area contributed by atoms with Gasteiger partial charge >= 0.3 is 0 Å². The van der Waals surface area contributed by atoms with E-state index in [4.69, 9.17) is 31.2 Å². The van der Waals surface area contributed by atoms with Gasteiger partial charge in [-0.3, -0.25) is 10.1 Å². The monoisotopic (exact) mass is 466 g/mol. The second kappa shape index (κ2) is 13.0. The number of amides is 1. The van der Waals surface area contributed by atoms with Gasteiger partial charge in [0.1, 0.15) is 37.1 Å². The Labute approximate surface area is 198 Å². The van der Waals surface area contributed by atoms with Gasteiger partial charge in [0.15, 0.2) is 5.11 Å². The molecule has 3 rings (SSSR count). The van der Waals surface area contributed by atoms with Crippen LogP contribution in [0.4, 0.5) is 5.69 Å². The molecule has 172 valence electrons. The summed E-state index contributed by atoms with van der Waals surface area (Å²) in [7, 11) is 1.62. The second-order valence-electron chi connectivity index (χ2n) is 6.81. The van der Waals surface area contributed by atoms with E-state index in [9.17, 15) is 4.79 Å². The zero-order valence-corrected chi connectivity index (χ0v) is 19.1. The molecule has 0 heterocycles. The lowest BCUT2D eigenvalue weighted by atomic mass is 10.2. The average Bonchev–Trinajstić information content (AvgIpc) is 2.84. The van der Waals surface area contributed by atoms with Crippen molar-refractivity contribution >= 4 is 28.9 Å². The third-order valence-electron chi connectivity index (χ3n) is 4.36. The Morgan fingerprint density at radius 3 is 2.06 bits per heavy atom. The van der Waals surface area contributed by atoms with Gasteiger partial charge in [0.2, 0.25) is 0 Å². The molecular weight excluding hydrogens is 440 g/mol. The van der Waals surface area contributed by atoms with E-state index in [0.29, 0.717) is 37.7 Å². The smallest absolute Gasteiger partial charge is 0.257 e. The molecule has 2 N–H and O–H groups in total. The number of rotatable bonds is 11. The van der Waals surface area contributed by atoms with Crippen molar-refractivity contribution in [1.29, 1.82) is 0 Å². The van der Waals surface area contributed by atoms with Crippen molar-refractivity contribution in [2.24, 2.45) is 0 Å². The van der Waals surface area contributed by atoms with Crippen LogP contribution in [-0.4, -0.2) is 44.6 Å². The van der Waals surface area contributed by atoms with Crippen LogP contribution in [0, 0.1) is 0 Å². The van der Waals surface area contributed by atoms with Crippen LogP contribution in [0.1, 0.15) is 10.4 Å². The molecule has 3 aromatic rings. The Bertz CT molecular complexity index is 1030. The van der Waals surface area contributed by atoms with Crippen LogP contribution in [0.15, 0.2) is 78.9 Å². The Kier molecular flexibility index (Phi) is 9.50. The van der Waals surface area contributed by atoms with E-state index >= 15 is 0 Å². The molecule has 0 bridgehead atoms. The lowest BCUT2D eigenvalue weighted by Gasteiger charge is -2.12. The number of methoxy groups -OCH3 is 1. The number of carbonyl (C=O) groups excluding carboxylic acids is 1. The number of thiocarbonyl (C=S) groups is 1. The van der Waals surface area contributed by atoms with E-state index in [1.54, 1.807) is 31.4 Å². The van der Waals surface area contributed by atoms with E-state index in [1.807, 2.05) is 54.6 Å².